The van der Waals surface area contributed by atoms with Gasteiger partial charge in [0.25, 0.3) is 5.91 Å². The number of ether oxygens (including phenoxy) is 1. The number of hydrogen-bond donors (Lipinski definition) is 3. The van der Waals surface area contributed by atoms with E-state index in [9.17, 15) is 9.18 Å². The van der Waals surface area contributed by atoms with Crippen LogP contribution in [0.15, 0.2) is 24.3 Å². The molecule has 0 spiro atoms. The van der Waals surface area contributed by atoms with Gasteiger partial charge in [0.1, 0.15) is 0 Å². The van der Waals surface area contributed by atoms with Crippen LogP contribution < -0.4 is 20.9 Å². The van der Waals surface area contributed by atoms with Crippen LogP contribution in [0.5, 0.6) is 5.75 Å². The summed E-state index contributed by atoms with van der Waals surface area (Å²) in [5.41, 5.74) is 4.97. The van der Waals surface area contributed by atoms with Gasteiger partial charge in [0.2, 0.25) is 0 Å². The van der Waals surface area contributed by atoms with Gasteiger partial charge in [-0.1, -0.05) is 12.1 Å². The molecule has 6 nitrogen and oxygen atoms in total. The topological polar surface area (TPSA) is 65.6 Å². The molecular weight excluding hydrogens is 307 g/mol. The number of hydrazine groups is 1. The smallest absolute Gasteiger partial charge is 0.279 e. The quantitative estimate of drug-likeness (QED) is 0.526. The highest BCUT2D eigenvalue weighted by molar-refractivity contribution is 7.80. The van der Waals surface area contributed by atoms with E-state index < -0.39 is 17.8 Å². The highest BCUT2D eigenvalue weighted by Crippen LogP contribution is 2.16. The Hall–Kier alpha value is -1.93. The normalized spacial score (nSPS) is 11.7. The second-order valence-electron chi connectivity index (χ2n) is 4.86. The van der Waals surface area contributed by atoms with Gasteiger partial charge in [-0.3, -0.25) is 15.6 Å². The number of nitrogens with one attached hydrogen (secondary N) is 3. The van der Waals surface area contributed by atoms with Gasteiger partial charge in [-0.05, 0) is 45.4 Å². The Morgan fingerprint density at radius 3 is 2.68 bits per heavy atom. The number of halogens is 1. The summed E-state index contributed by atoms with van der Waals surface area (Å²) in [4.78, 5) is 13.8. The second kappa shape index (κ2) is 9.16. The molecule has 0 aliphatic heterocycles. The van der Waals surface area contributed by atoms with Crippen LogP contribution in [0.3, 0.4) is 0 Å². The number of para-hydroxylation sites is 1. The van der Waals surface area contributed by atoms with E-state index in [0.29, 0.717) is 11.7 Å². The third kappa shape index (κ3) is 6.68. The summed E-state index contributed by atoms with van der Waals surface area (Å²) in [7, 11) is 3.89. The molecule has 122 valence electrons. The number of thiocarbonyl (C=S) groups is 1. The zero-order valence-corrected chi connectivity index (χ0v) is 13.7. The number of rotatable bonds is 6. The van der Waals surface area contributed by atoms with Crippen molar-refractivity contribution in [2.45, 2.75) is 13.0 Å². The summed E-state index contributed by atoms with van der Waals surface area (Å²) < 4.78 is 18.7. The maximum atomic E-state index is 13.4. The number of hydrogen-bond acceptors (Lipinski definition) is 4. The van der Waals surface area contributed by atoms with E-state index in [1.54, 1.807) is 12.1 Å². The van der Waals surface area contributed by atoms with Gasteiger partial charge in [0.05, 0.1) is 0 Å². The fraction of sp³-hybridized carbons (Fsp3) is 0.429. The van der Waals surface area contributed by atoms with Crippen molar-refractivity contribution in [3.63, 3.8) is 0 Å². The number of likely N-dealkylation sites (N-methyl/N-ethyl adjacent to an activating group) is 1. The summed E-state index contributed by atoms with van der Waals surface area (Å²) in [5, 5.41) is 3.23. The minimum atomic E-state index is -0.867. The SMILES string of the molecule is C[C@@H](Oc1ccccc1F)C(=O)NNC(=S)NCCN(C)C. The summed E-state index contributed by atoms with van der Waals surface area (Å²) in [6.07, 6.45) is -0.867. The van der Waals surface area contributed by atoms with E-state index in [2.05, 4.69) is 16.2 Å². The molecule has 0 radical (unpaired) electrons. The molecule has 1 amide bonds. The lowest BCUT2D eigenvalue weighted by Crippen LogP contribution is -2.51. The molecule has 0 unspecified atom stereocenters. The molecule has 0 aromatic heterocycles. The van der Waals surface area contributed by atoms with Crippen molar-refractivity contribution in [3.8, 4) is 5.75 Å². The molecule has 0 fully saturated rings. The van der Waals surface area contributed by atoms with Crippen LogP contribution in [0.4, 0.5) is 4.39 Å². The van der Waals surface area contributed by atoms with E-state index >= 15 is 0 Å². The number of benzene rings is 1. The van der Waals surface area contributed by atoms with Gasteiger partial charge >= 0.3 is 0 Å². The first kappa shape index (κ1) is 18.1. The fourth-order valence-electron chi connectivity index (χ4n) is 1.44. The van der Waals surface area contributed by atoms with Crippen LogP contribution in [-0.4, -0.2) is 49.2 Å². The van der Waals surface area contributed by atoms with Crippen molar-refractivity contribution >= 4 is 23.2 Å². The van der Waals surface area contributed by atoms with Crippen LogP contribution in [0, 0.1) is 5.82 Å². The van der Waals surface area contributed by atoms with Crippen molar-refractivity contribution < 1.29 is 13.9 Å². The Morgan fingerprint density at radius 1 is 1.36 bits per heavy atom. The third-order valence-electron chi connectivity index (χ3n) is 2.65. The molecule has 1 aromatic carbocycles. The van der Waals surface area contributed by atoms with E-state index in [0.717, 1.165) is 6.54 Å². The molecule has 8 heteroatoms. The monoisotopic (exact) mass is 328 g/mol. The summed E-state index contributed by atoms with van der Waals surface area (Å²) in [5.74, 6) is -0.951. The van der Waals surface area contributed by atoms with Gasteiger partial charge in [0, 0.05) is 13.1 Å². The molecule has 3 N–H and O–H groups in total. The predicted molar refractivity (Wildman–Crippen MR) is 86.9 cm³/mol. The van der Waals surface area contributed by atoms with Gasteiger partial charge in [-0.2, -0.15) is 0 Å². The lowest BCUT2D eigenvalue weighted by Gasteiger charge is -2.17. The first-order valence-corrected chi connectivity index (χ1v) is 7.20. The van der Waals surface area contributed by atoms with E-state index in [1.165, 1.54) is 19.1 Å². The Balaban J connectivity index is 2.32. The molecule has 0 saturated heterocycles. The zero-order valence-electron chi connectivity index (χ0n) is 12.9. The highest BCUT2D eigenvalue weighted by Gasteiger charge is 2.16. The standard InChI is InChI=1S/C14H21FN4O2S/c1-10(21-12-7-5-4-6-11(12)15)13(20)17-18-14(22)16-8-9-19(2)3/h4-7,10H,8-9H2,1-3H3,(H,17,20)(H2,16,18,22)/t10-/m1/s1. The maximum absolute atomic E-state index is 13.4. The zero-order chi connectivity index (χ0) is 16.5. The number of nitrogens with zero attached hydrogens (tertiary/aromatic N) is 1. The highest BCUT2D eigenvalue weighted by atomic mass is 32.1. The van der Waals surface area contributed by atoms with Crippen LogP contribution in [-0.2, 0) is 4.79 Å². The van der Waals surface area contributed by atoms with Crippen molar-refractivity contribution in [1.82, 2.24) is 21.1 Å². The Morgan fingerprint density at radius 2 is 2.05 bits per heavy atom. The number of carbonyl (C=O) groups is 1. The molecule has 0 bridgehead atoms. The van der Waals surface area contributed by atoms with Crippen LogP contribution in [0.25, 0.3) is 0 Å². The van der Waals surface area contributed by atoms with E-state index in [4.69, 9.17) is 17.0 Å². The molecule has 1 aromatic rings. The Labute approximate surface area is 135 Å². The molecule has 0 aliphatic rings. The number of carbonyl (C=O) groups excluding carboxylic acids is 1. The van der Waals surface area contributed by atoms with Crippen molar-refractivity contribution in [2.24, 2.45) is 0 Å². The fourth-order valence-corrected chi connectivity index (χ4v) is 1.59. The van der Waals surface area contributed by atoms with Gasteiger partial charge in [0.15, 0.2) is 22.8 Å². The Bertz CT molecular complexity index is 513. The van der Waals surface area contributed by atoms with Gasteiger partial charge < -0.3 is 15.0 Å². The van der Waals surface area contributed by atoms with E-state index in [1.807, 2.05) is 19.0 Å². The lowest BCUT2D eigenvalue weighted by atomic mass is 10.3. The van der Waals surface area contributed by atoms with Crippen LogP contribution >= 0.6 is 12.2 Å². The van der Waals surface area contributed by atoms with Crippen molar-refractivity contribution in [3.05, 3.63) is 30.1 Å². The molecule has 1 rings (SSSR count). The molecule has 22 heavy (non-hydrogen) atoms. The molecule has 0 aliphatic carbocycles. The molecule has 0 heterocycles. The second-order valence-corrected chi connectivity index (χ2v) is 5.27. The maximum Gasteiger partial charge on any atom is 0.279 e. The summed E-state index contributed by atoms with van der Waals surface area (Å²) in [6.45, 7) is 2.98. The van der Waals surface area contributed by atoms with Crippen molar-refractivity contribution in [1.29, 1.82) is 0 Å². The van der Waals surface area contributed by atoms with E-state index in [-0.39, 0.29) is 5.75 Å². The van der Waals surface area contributed by atoms with Crippen molar-refractivity contribution in [2.75, 3.05) is 27.2 Å². The first-order chi connectivity index (χ1) is 10.4. The summed E-state index contributed by atoms with van der Waals surface area (Å²) >= 11 is 5.01. The summed E-state index contributed by atoms with van der Waals surface area (Å²) in [6, 6.07) is 5.90. The average molecular weight is 328 g/mol. The third-order valence-corrected chi connectivity index (χ3v) is 2.90. The lowest BCUT2D eigenvalue weighted by molar-refractivity contribution is -0.127. The molecular formula is C14H21FN4O2S. The number of amides is 1. The predicted octanol–water partition coefficient (Wildman–Crippen LogP) is 0.650. The van der Waals surface area contributed by atoms with Gasteiger partial charge in [-0.25, -0.2) is 4.39 Å². The van der Waals surface area contributed by atoms with Crippen LogP contribution in [0.1, 0.15) is 6.92 Å². The average Bonchev–Trinajstić information content (AvgIpc) is 2.46. The largest absolute Gasteiger partial charge is 0.478 e. The minimum absolute atomic E-state index is 0.0248. The van der Waals surface area contributed by atoms with Gasteiger partial charge in [-0.15, -0.1) is 0 Å². The Kier molecular flexibility index (Phi) is 7.55. The minimum Gasteiger partial charge on any atom is -0.478 e. The first-order valence-electron chi connectivity index (χ1n) is 6.79. The molecule has 1 atom stereocenters. The molecule has 0 saturated carbocycles. The van der Waals surface area contributed by atoms with Crippen LogP contribution in [0.2, 0.25) is 0 Å².